The van der Waals surface area contributed by atoms with Crippen LogP contribution in [0, 0.1) is 0 Å². The summed E-state index contributed by atoms with van der Waals surface area (Å²) in [5.41, 5.74) is 3.59. The summed E-state index contributed by atoms with van der Waals surface area (Å²) in [7, 11) is 0. The molecule has 4 aromatic heterocycles. The maximum atomic E-state index is 5.96. The van der Waals surface area contributed by atoms with Crippen molar-refractivity contribution < 1.29 is 9.47 Å². The van der Waals surface area contributed by atoms with Gasteiger partial charge in [0.15, 0.2) is 11.6 Å². The van der Waals surface area contributed by atoms with Gasteiger partial charge in [0, 0.05) is 22.3 Å². The molecule has 4 aromatic carbocycles. The van der Waals surface area contributed by atoms with Gasteiger partial charge in [-0.1, -0.05) is 60.7 Å². The number of nitrogens with one attached hydrogen (secondary N) is 2. The molecule has 4 heterocycles. The van der Waals surface area contributed by atoms with Crippen LogP contribution in [0.3, 0.4) is 0 Å². The quantitative estimate of drug-likeness (QED) is 0.110. The van der Waals surface area contributed by atoms with Crippen molar-refractivity contribution in [2.75, 3.05) is 13.2 Å². The third-order valence-corrected chi connectivity index (χ3v) is 8.42. The van der Waals surface area contributed by atoms with Gasteiger partial charge in [0.05, 0.1) is 13.2 Å². The van der Waals surface area contributed by atoms with Gasteiger partial charge in [0.1, 0.15) is 36.2 Å². The lowest BCUT2D eigenvalue weighted by Gasteiger charge is -2.08. The van der Waals surface area contributed by atoms with E-state index in [1.165, 1.54) is 9.59 Å². The molecule has 0 aliphatic rings. The summed E-state index contributed by atoms with van der Waals surface area (Å²) >= 11 is 0. The van der Waals surface area contributed by atoms with Gasteiger partial charge in [0.25, 0.3) is 0 Å². The molecule has 270 valence electrons. The van der Waals surface area contributed by atoms with Crippen molar-refractivity contribution in [3.05, 3.63) is 121 Å². The Labute approximate surface area is 309 Å². The van der Waals surface area contributed by atoms with Crippen LogP contribution in [0.25, 0.3) is 45.6 Å². The Bertz CT molecular complexity index is 2180. The predicted octanol–water partition coefficient (Wildman–Crippen LogP) is 5.68. The topological polar surface area (TPSA) is 189 Å². The number of unbranched alkanes of at least 4 members (excludes halogenated alkanes) is 3. The molecule has 0 atom stereocenters. The maximum Gasteiger partial charge on any atom is 0.204 e. The number of hydrogen-bond acceptors (Lipinski definition) is 12. The van der Waals surface area contributed by atoms with Crippen molar-refractivity contribution in [3.8, 4) is 57.1 Å². The predicted molar refractivity (Wildman–Crippen MR) is 198 cm³/mol. The molecule has 0 spiro atoms. The fraction of sp³-hybridized carbons (Fsp3) is 0.211. The van der Waals surface area contributed by atoms with E-state index in [9.17, 15) is 0 Å². The molecule has 0 radical (unpaired) electrons. The molecule has 0 bridgehead atoms. The van der Waals surface area contributed by atoms with E-state index in [1.54, 1.807) is 0 Å². The Hall–Kier alpha value is -7.10. The molecule has 0 saturated carbocycles. The first-order valence-corrected chi connectivity index (χ1v) is 17.7. The van der Waals surface area contributed by atoms with Crippen LogP contribution in [-0.4, -0.2) is 84.0 Å². The van der Waals surface area contributed by atoms with Crippen LogP contribution in [0.15, 0.2) is 109 Å². The largest absolute Gasteiger partial charge is 0.494 e. The molecular formula is C38H36N14O2. The van der Waals surface area contributed by atoms with Gasteiger partial charge in [-0.2, -0.15) is 19.8 Å². The Kier molecular flexibility index (Phi) is 10.4. The van der Waals surface area contributed by atoms with E-state index in [2.05, 4.69) is 61.2 Å². The minimum absolute atomic E-state index is 0.335. The summed E-state index contributed by atoms with van der Waals surface area (Å²) < 4.78 is 11.9. The summed E-state index contributed by atoms with van der Waals surface area (Å²) in [5, 5.41) is 40.1. The molecule has 2 N–H and O–H groups in total. The minimum atomic E-state index is 0.335. The zero-order chi connectivity index (χ0) is 36.4. The van der Waals surface area contributed by atoms with E-state index in [1.807, 2.05) is 109 Å². The van der Waals surface area contributed by atoms with Crippen LogP contribution >= 0.6 is 0 Å². The van der Waals surface area contributed by atoms with Gasteiger partial charge in [0.2, 0.25) is 11.6 Å². The van der Waals surface area contributed by atoms with Crippen LogP contribution in [0.5, 0.6) is 11.5 Å². The molecule has 8 rings (SSSR count). The number of H-pyrrole nitrogens is 2. The molecule has 0 aliphatic heterocycles. The Morgan fingerprint density at radius 3 is 1.28 bits per heavy atom. The number of hydrogen-bond donors (Lipinski definition) is 2. The van der Waals surface area contributed by atoms with Gasteiger partial charge >= 0.3 is 0 Å². The second-order valence-corrected chi connectivity index (χ2v) is 12.4. The summed E-state index contributed by atoms with van der Waals surface area (Å²) in [5.74, 6) is 5.22. The van der Waals surface area contributed by atoms with E-state index in [0.717, 1.165) is 59.4 Å². The number of ether oxygens (including phenoxy) is 2. The lowest BCUT2D eigenvalue weighted by molar-refractivity contribution is 0.287. The van der Waals surface area contributed by atoms with E-state index in [4.69, 9.17) is 9.47 Å². The summed E-state index contributed by atoms with van der Waals surface area (Å²) in [6, 6.07) is 35.0. The fourth-order valence-corrected chi connectivity index (χ4v) is 5.62. The highest BCUT2D eigenvalue weighted by Crippen LogP contribution is 2.22. The number of nitrogens with zero attached hydrogens (tertiary/aromatic N) is 12. The van der Waals surface area contributed by atoms with E-state index < -0.39 is 0 Å². The summed E-state index contributed by atoms with van der Waals surface area (Å²) in [6.45, 7) is 1.97. The standard InChI is InChI=1S/C38H36N14O2/c1(9-23-53-31-19-15-29(16-20-31)35-39-33(41-43-35)25-51-47-37(45-49-51)27-11-5-3-6-12-27)2-10-24-54-32-21-17-30(18-22-32)36-40-34(42-44-36)26-52-48-38(46-50-52)28-13-7-4-8-14-28/h3-8,11-22H,1-2,9-10,23-26H2,(H,39,41,43)(H,40,42,44). The van der Waals surface area contributed by atoms with Crippen molar-refractivity contribution in [1.29, 1.82) is 0 Å². The van der Waals surface area contributed by atoms with Gasteiger partial charge in [-0.25, -0.2) is 9.97 Å². The van der Waals surface area contributed by atoms with Gasteiger partial charge in [-0.3, -0.25) is 10.2 Å². The van der Waals surface area contributed by atoms with Crippen LogP contribution in [0.4, 0.5) is 0 Å². The number of rotatable bonds is 17. The first-order valence-electron chi connectivity index (χ1n) is 17.7. The lowest BCUT2D eigenvalue weighted by atomic mass is 10.2. The number of benzene rings is 4. The molecule has 16 nitrogen and oxygen atoms in total. The van der Waals surface area contributed by atoms with Crippen molar-refractivity contribution in [1.82, 2.24) is 70.8 Å². The number of aromatic amines is 2. The van der Waals surface area contributed by atoms with E-state index >= 15 is 0 Å². The highest BCUT2D eigenvalue weighted by atomic mass is 16.5. The molecule has 8 aromatic rings. The Morgan fingerprint density at radius 1 is 0.444 bits per heavy atom. The van der Waals surface area contributed by atoms with Crippen molar-refractivity contribution >= 4 is 0 Å². The SMILES string of the molecule is c1ccc(-c2nnn(Cc3nc(-c4ccc(OCCCCCCOc5ccc(-c6n[nH]c(Cn7nnc(-c8ccccc8)n7)n6)cc5)cc4)n[nH]3)n2)cc1. The molecule has 0 amide bonds. The van der Waals surface area contributed by atoms with E-state index in [-0.39, 0.29) is 0 Å². The van der Waals surface area contributed by atoms with Crippen molar-refractivity contribution in [3.63, 3.8) is 0 Å². The minimum Gasteiger partial charge on any atom is -0.494 e. The zero-order valence-corrected chi connectivity index (χ0v) is 29.2. The average molecular weight is 721 g/mol. The Balaban J connectivity index is 0.707. The maximum absolute atomic E-state index is 5.96. The first kappa shape index (κ1) is 34.0. The van der Waals surface area contributed by atoms with Gasteiger partial charge in [-0.15, -0.1) is 20.4 Å². The fourth-order valence-electron chi connectivity index (χ4n) is 5.62. The highest BCUT2D eigenvalue weighted by molar-refractivity contribution is 5.57. The average Bonchev–Trinajstić information content (AvgIpc) is 4.07. The molecule has 16 heteroatoms. The third-order valence-electron chi connectivity index (χ3n) is 8.42. The van der Waals surface area contributed by atoms with Crippen molar-refractivity contribution in [2.24, 2.45) is 0 Å². The molecule has 0 unspecified atom stereocenters. The number of aromatic nitrogens is 14. The van der Waals surface area contributed by atoms with Crippen LogP contribution in [0.1, 0.15) is 37.3 Å². The van der Waals surface area contributed by atoms with Crippen LogP contribution in [-0.2, 0) is 13.1 Å². The molecule has 0 aliphatic carbocycles. The second-order valence-electron chi connectivity index (χ2n) is 12.4. The second kappa shape index (κ2) is 16.5. The van der Waals surface area contributed by atoms with Gasteiger partial charge in [-0.05, 0) is 84.6 Å². The first-order chi connectivity index (χ1) is 26.7. The van der Waals surface area contributed by atoms with Crippen LogP contribution in [0.2, 0.25) is 0 Å². The highest BCUT2D eigenvalue weighted by Gasteiger charge is 2.12. The monoisotopic (exact) mass is 720 g/mol. The molecule has 54 heavy (non-hydrogen) atoms. The van der Waals surface area contributed by atoms with Gasteiger partial charge < -0.3 is 9.47 Å². The van der Waals surface area contributed by atoms with E-state index in [0.29, 0.717) is 61.2 Å². The smallest absolute Gasteiger partial charge is 0.204 e. The number of tetrazole rings is 2. The normalized spacial score (nSPS) is 11.2. The summed E-state index contributed by atoms with van der Waals surface area (Å²) in [6.07, 6.45) is 4.03. The summed E-state index contributed by atoms with van der Waals surface area (Å²) in [4.78, 5) is 12.2. The molecule has 0 saturated heterocycles. The van der Waals surface area contributed by atoms with Crippen LogP contribution < -0.4 is 9.47 Å². The van der Waals surface area contributed by atoms with Crippen molar-refractivity contribution in [2.45, 2.75) is 38.8 Å². The third kappa shape index (κ3) is 8.67. The molecule has 0 fully saturated rings. The molecular weight excluding hydrogens is 685 g/mol. The Morgan fingerprint density at radius 2 is 0.852 bits per heavy atom. The lowest BCUT2D eigenvalue weighted by Crippen LogP contribution is -2.05. The zero-order valence-electron chi connectivity index (χ0n) is 29.2.